The fraction of sp³-hybridized carbons (Fsp3) is 0.429. The van der Waals surface area contributed by atoms with E-state index in [0.29, 0.717) is 30.0 Å². The number of rotatable bonds is 3. The van der Waals surface area contributed by atoms with E-state index < -0.39 is 5.41 Å². The largest absolute Gasteiger partial charge is 0.348 e. The van der Waals surface area contributed by atoms with Crippen LogP contribution in [0.1, 0.15) is 48.3 Å². The SMILES string of the molecule is Cc1cncc(C(=O)N[C@H]2CCC[C@]3(CCN(c4cccc(F)c4)C3=O)C2)n1. The lowest BCUT2D eigenvalue weighted by molar-refractivity contribution is -0.127. The molecule has 2 aliphatic rings. The fourth-order valence-electron chi connectivity index (χ4n) is 4.45. The molecule has 2 amide bonds. The van der Waals surface area contributed by atoms with Gasteiger partial charge in [0.1, 0.15) is 11.5 Å². The quantitative estimate of drug-likeness (QED) is 0.885. The zero-order valence-corrected chi connectivity index (χ0v) is 15.8. The molecule has 1 spiro atoms. The standard InChI is InChI=1S/C21H23FN4O2/c1-14-12-23-13-18(24-14)19(27)25-16-5-3-7-21(11-16)8-9-26(20(21)28)17-6-2-4-15(22)10-17/h2,4,6,10,12-13,16H,3,5,7-9,11H2,1H3,(H,25,27)/t16-,21-/m0/s1. The van der Waals surface area contributed by atoms with Crippen LogP contribution in [0.4, 0.5) is 10.1 Å². The second-order valence-electron chi connectivity index (χ2n) is 7.78. The van der Waals surface area contributed by atoms with Crippen molar-refractivity contribution in [2.75, 3.05) is 11.4 Å². The van der Waals surface area contributed by atoms with E-state index in [-0.39, 0.29) is 23.7 Å². The van der Waals surface area contributed by atoms with E-state index in [1.54, 1.807) is 30.2 Å². The molecule has 1 aliphatic heterocycles. The lowest BCUT2D eigenvalue weighted by Crippen LogP contribution is -2.46. The average Bonchev–Trinajstić information content (AvgIpc) is 2.97. The van der Waals surface area contributed by atoms with Crippen molar-refractivity contribution in [1.82, 2.24) is 15.3 Å². The summed E-state index contributed by atoms with van der Waals surface area (Å²) in [6.07, 6.45) is 6.88. The first-order chi connectivity index (χ1) is 13.5. The van der Waals surface area contributed by atoms with Gasteiger partial charge < -0.3 is 10.2 Å². The van der Waals surface area contributed by atoms with E-state index in [2.05, 4.69) is 15.3 Å². The summed E-state index contributed by atoms with van der Waals surface area (Å²) in [5.74, 6) is -0.572. The second-order valence-corrected chi connectivity index (χ2v) is 7.78. The summed E-state index contributed by atoms with van der Waals surface area (Å²) < 4.78 is 13.6. The Balaban J connectivity index is 1.47. The number of aromatic nitrogens is 2. The zero-order valence-electron chi connectivity index (χ0n) is 15.8. The molecule has 7 heteroatoms. The number of nitrogens with zero attached hydrogens (tertiary/aromatic N) is 3. The van der Waals surface area contributed by atoms with E-state index in [9.17, 15) is 14.0 Å². The predicted molar refractivity (Wildman–Crippen MR) is 102 cm³/mol. The van der Waals surface area contributed by atoms with Gasteiger partial charge in [-0.05, 0) is 50.8 Å². The highest BCUT2D eigenvalue weighted by Gasteiger charge is 2.49. The van der Waals surface area contributed by atoms with E-state index >= 15 is 0 Å². The normalized spacial score (nSPS) is 24.6. The smallest absolute Gasteiger partial charge is 0.271 e. The molecule has 0 unspecified atom stereocenters. The molecule has 146 valence electrons. The zero-order chi connectivity index (χ0) is 19.7. The van der Waals surface area contributed by atoms with Crippen LogP contribution in [-0.2, 0) is 4.79 Å². The van der Waals surface area contributed by atoms with Gasteiger partial charge in [-0.2, -0.15) is 0 Å². The van der Waals surface area contributed by atoms with Crippen molar-refractivity contribution in [2.24, 2.45) is 5.41 Å². The molecular formula is C21H23FN4O2. The Hall–Kier alpha value is -2.83. The van der Waals surface area contributed by atoms with E-state index in [1.807, 2.05) is 0 Å². The van der Waals surface area contributed by atoms with Gasteiger partial charge in [0.15, 0.2) is 0 Å². The first kappa shape index (κ1) is 18.5. The van der Waals surface area contributed by atoms with E-state index in [1.165, 1.54) is 18.3 Å². The average molecular weight is 382 g/mol. The van der Waals surface area contributed by atoms with E-state index in [0.717, 1.165) is 25.7 Å². The maximum absolute atomic E-state index is 13.6. The molecule has 2 heterocycles. The number of amides is 2. The Morgan fingerprint density at radius 2 is 2.18 bits per heavy atom. The summed E-state index contributed by atoms with van der Waals surface area (Å²) >= 11 is 0. The molecule has 1 saturated heterocycles. The van der Waals surface area contributed by atoms with Gasteiger partial charge in [-0.3, -0.25) is 14.6 Å². The van der Waals surface area contributed by atoms with E-state index in [4.69, 9.17) is 0 Å². The highest BCUT2D eigenvalue weighted by atomic mass is 19.1. The predicted octanol–water partition coefficient (Wildman–Crippen LogP) is 3.02. The maximum Gasteiger partial charge on any atom is 0.271 e. The molecule has 1 aromatic heterocycles. The molecule has 1 N–H and O–H groups in total. The van der Waals surface area contributed by atoms with Gasteiger partial charge in [0, 0.05) is 24.5 Å². The lowest BCUT2D eigenvalue weighted by Gasteiger charge is -2.36. The van der Waals surface area contributed by atoms with Crippen molar-refractivity contribution in [1.29, 1.82) is 0 Å². The molecule has 0 bridgehead atoms. The van der Waals surface area contributed by atoms with Gasteiger partial charge in [-0.25, -0.2) is 9.37 Å². The molecule has 2 fully saturated rings. The van der Waals surface area contributed by atoms with Crippen LogP contribution in [0.25, 0.3) is 0 Å². The van der Waals surface area contributed by atoms with Gasteiger partial charge in [0.2, 0.25) is 5.91 Å². The van der Waals surface area contributed by atoms with Crippen LogP contribution in [0.2, 0.25) is 0 Å². The van der Waals surface area contributed by atoms with Gasteiger partial charge in [-0.15, -0.1) is 0 Å². The van der Waals surface area contributed by atoms with Crippen molar-refractivity contribution in [3.63, 3.8) is 0 Å². The summed E-state index contributed by atoms with van der Waals surface area (Å²) in [5, 5.41) is 3.03. The first-order valence-corrected chi connectivity index (χ1v) is 9.64. The van der Waals surface area contributed by atoms with Gasteiger partial charge in [0.05, 0.1) is 17.3 Å². The van der Waals surface area contributed by atoms with Crippen LogP contribution < -0.4 is 10.2 Å². The third kappa shape index (κ3) is 3.48. The molecule has 28 heavy (non-hydrogen) atoms. The van der Waals surface area contributed by atoms with Crippen molar-refractivity contribution in [2.45, 2.75) is 45.1 Å². The Bertz CT molecular complexity index is 919. The van der Waals surface area contributed by atoms with Crippen LogP contribution in [0.5, 0.6) is 0 Å². The number of carbonyl (C=O) groups excluding carboxylic acids is 2. The second kappa shape index (κ2) is 7.30. The summed E-state index contributed by atoms with van der Waals surface area (Å²) in [7, 11) is 0. The number of benzene rings is 1. The lowest BCUT2D eigenvalue weighted by atomic mass is 9.71. The Morgan fingerprint density at radius 3 is 2.96 bits per heavy atom. The minimum Gasteiger partial charge on any atom is -0.348 e. The van der Waals surface area contributed by atoms with Crippen LogP contribution in [0.3, 0.4) is 0 Å². The minimum absolute atomic E-state index is 0.0346. The van der Waals surface area contributed by atoms with Gasteiger partial charge in [0.25, 0.3) is 5.91 Å². The van der Waals surface area contributed by atoms with Crippen molar-refractivity contribution >= 4 is 17.5 Å². The summed E-state index contributed by atoms with van der Waals surface area (Å²) in [6, 6.07) is 6.07. The van der Waals surface area contributed by atoms with Gasteiger partial charge >= 0.3 is 0 Å². The summed E-state index contributed by atoms with van der Waals surface area (Å²) in [6.45, 7) is 2.36. The Kier molecular flexibility index (Phi) is 4.83. The van der Waals surface area contributed by atoms with Crippen molar-refractivity contribution < 1.29 is 14.0 Å². The summed E-state index contributed by atoms with van der Waals surface area (Å²) in [5.41, 5.74) is 1.09. The number of nitrogens with one attached hydrogen (secondary N) is 1. The molecule has 1 aliphatic carbocycles. The molecule has 2 aromatic rings. The fourth-order valence-corrected chi connectivity index (χ4v) is 4.45. The molecule has 0 radical (unpaired) electrons. The molecule has 1 saturated carbocycles. The monoisotopic (exact) mass is 382 g/mol. The topological polar surface area (TPSA) is 75.2 Å². The number of hydrogen-bond donors (Lipinski definition) is 1. The molecule has 6 nitrogen and oxygen atoms in total. The van der Waals surface area contributed by atoms with Crippen LogP contribution in [-0.4, -0.2) is 34.4 Å². The third-order valence-corrected chi connectivity index (χ3v) is 5.80. The van der Waals surface area contributed by atoms with Crippen LogP contribution >= 0.6 is 0 Å². The molecule has 1 aromatic carbocycles. The molecule has 2 atom stereocenters. The van der Waals surface area contributed by atoms with Crippen molar-refractivity contribution in [3.05, 3.63) is 53.9 Å². The molecule has 4 rings (SSSR count). The number of hydrogen-bond acceptors (Lipinski definition) is 4. The number of halogens is 1. The highest BCUT2D eigenvalue weighted by Crippen LogP contribution is 2.46. The first-order valence-electron chi connectivity index (χ1n) is 9.64. The highest BCUT2D eigenvalue weighted by molar-refractivity contribution is 6.00. The Morgan fingerprint density at radius 1 is 1.32 bits per heavy atom. The van der Waals surface area contributed by atoms with Crippen LogP contribution in [0.15, 0.2) is 36.7 Å². The van der Waals surface area contributed by atoms with Gasteiger partial charge in [-0.1, -0.05) is 12.5 Å². The minimum atomic E-state index is -0.485. The van der Waals surface area contributed by atoms with Crippen LogP contribution in [0, 0.1) is 18.2 Å². The number of carbonyl (C=O) groups is 2. The van der Waals surface area contributed by atoms with Crippen molar-refractivity contribution in [3.8, 4) is 0 Å². The third-order valence-electron chi connectivity index (χ3n) is 5.80. The number of aryl methyl sites for hydroxylation is 1. The number of anilines is 1. The maximum atomic E-state index is 13.6. The molecular weight excluding hydrogens is 359 g/mol. The Labute approximate surface area is 163 Å². The summed E-state index contributed by atoms with van der Waals surface area (Å²) in [4.78, 5) is 35.6.